The van der Waals surface area contributed by atoms with Gasteiger partial charge >= 0.3 is 5.97 Å². The van der Waals surface area contributed by atoms with Crippen LogP contribution >= 0.6 is 0 Å². The standard InChI is InChI=1S/C12H19N3O3/c1-7(2)17-8-6-14-10(15-9(8)13)11(16)18-12(3,4)5/h6-7H,1-5H3,(H2,13,14,15). The molecule has 0 saturated heterocycles. The summed E-state index contributed by atoms with van der Waals surface area (Å²) < 4.78 is 10.5. The molecular formula is C12H19N3O3. The first-order valence-corrected chi connectivity index (χ1v) is 5.71. The molecule has 6 heteroatoms. The van der Waals surface area contributed by atoms with Crippen LogP contribution in [-0.4, -0.2) is 27.6 Å². The number of ether oxygens (including phenoxy) is 2. The van der Waals surface area contributed by atoms with Crippen molar-refractivity contribution in [2.75, 3.05) is 5.73 Å². The van der Waals surface area contributed by atoms with Crippen LogP contribution in [0.5, 0.6) is 5.75 Å². The number of rotatable bonds is 3. The monoisotopic (exact) mass is 253 g/mol. The van der Waals surface area contributed by atoms with Gasteiger partial charge in [0.25, 0.3) is 0 Å². The summed E-state index contributed by atoms with van der Waals surface area (Å²) in [5.41, 5.74) is 5.09. The molecule has 1 aromatic heterocycles. The molecule has 0 aliphatic rings. The Morgan fingerprint density at radius 1 is 1.39 bits per heavy atom. The van der Waals surface area contributed by atoms with Crippen molar-refractivity contribution in [3.63, 3.8) is 0 Å². The van der Waals surface area contributed by atoms with Crippen molar-refractivity contribution in [2.45, 2.75) is 46.3 Å². The van der Waals surface area contributed by atoms with Gasteiger partial charge in [0, 0.05) is 0 Å². The van der Waals surface area contributed by atoms with Crippen LogP contribution in [0.15, 0.2) is 6.20 Å². The summed E-state index contributed by atoms with van der Waals surface area (Å²) in [4.78, 5) is 19.5. The lowest BCUT2D eigenvalue weighted by Gasteiger charge is -2.19. The van der Waals surface area contributed by atoms with E-state index in [2.05, 4.69) is 9.97 Å². The van der Waals surface area contributed by atoms with Gasteiger partial charge in [0.2, 0.25) is 5.82 Å². The van der Waals surface area contributed by atoms with Crippen molar-refractivity contribution in [1.29, 1.82) is 0 Å². The molecule has 0 radical (unpaired) electrons. The zero-order valence-electron chi connectivity index (χ0n) is 11.4. The maximum atomic E-state index is 11.7. The minimum atomic E-state index is -0.606. The molecule has 1 aromatic rings. The average Bonchev–Trinajstić information content (AvgIpc) is 2.17. The average molecular weight is 253 g/mol. The molecule has 0 amide bonds. The molecule has 0 aliphatic heterocycles. The van der Waals surface area contributed by atoms with E-state index in [1.807, 2.05) is 13.8 Å². The van der Waals surface area contributed by atoms with Crippen LogP contribution in [0.25, 0.3) is 0 Å². The van der Waals surface area contributed by atoms with E-state index in [9.17, 15) is 4.79 Å². The third-order valence-electron chi connectivity index (χ3n) is 1.73. The molecule has 6 nitrogen and oxygen atoms in total. The fourth-order valence-corrected chi connectivity index (χ4v) is 1.15. The Morgan fingerprint density at radius 2 is 2.00 bits per heavy atom. The predicted molar refractivity (Wildman–Crippen MR) is 67.4 cm³/mol. The van der Waals surface area contributed by atoms with Gasteiger partial charge in [-0.15, -0.1) is 0 Å². The van der Waals surface area contributed by atoms with Crippen LogP contribution in [0.1, 0.15) is 45.2 Å². The highest BCUT2D eigenvalue weighted by molar-refractivity contribution is 5.86. The summed E-state index contributed by atoms with van der Waals surface area (Å²) in [6.07, 6.45) is 1.34. The van der Waals surface area contributed by atoms with E-state index in [4.69, 9.17) is 15.2 Å². The van der Waals surface area contributed by atoms with Crippen LogP contribution in [-0.2, 0) is 4.74 Å². The Bertz CT molecular complexity index is 439. The molecule has 2 N–H and O–H groups in total. The number of hydrogen-bond donors (Lipinski definition) is 1. The fourth-order valence-electron chi connectivity index (χ4n) is 1.15. The molecule has 18 heavy (non-hydrogen) atoms. The van der Waals surface area contributed by atoms with E-state index in [1.54, 1.807) is 20.8 Å². The number of aromatic nitrogens is 2. The summed E-state index contributed by atoms with van der Waals surface area (Å²) in [5, 5.41) is 0. The van der Waals surface area contributed by atoms with Gasteiger partial charge in [-0.05, 0) is 34.6 Å². The Balaban J connectivity index is 2.87. The van der Waals surface area contributed by atoms with Crippen LogP contribution in [0.3, 0.4) is 0 Å². The topological polar surface area (TPSA) is 87.3 Å². The molecule has 0 aromatic carbocycles. The number of hydrogen-bond acceptors (Lipinski definition) is 6. The summed E-state index contributed by atoms with van der Waals surface area (Å²) in [6, 6.07) is 0. The molecule has 1 rings (SSSR count). The van der Waals surface area contributed by atoms with Gasteiger partial charge in [0.15, 0.2) is 11.6 Å². The van der Waals surface area contributed by atoms with Crippen molar-refractivity contribution in [3.8, 4) is 5.75 Å². The van der Waals surface area contributed by atoms with Gasteiger partial charge in [-0.25, -0.2) is 14.8 Å². The molecule has 0 atom stereocenters. The zero-order valence-corrected chi connectivity index (χ0v) is 11.4. The van der Waals surface area contributed by atoms with Gasteiger partial charge < -0.3 is 15.2 Å². The lowest BCUT2D eigenvalue weighted by molar-refractivity contribution is 0.00556. The second-order valence-electron chi connectivity index (χ2n) is 5.11. The van der Waals surface area contributed by atoms with Gasteiger partial charge in [-0.3, -0.25) is 0 Å². The molecule has 0 saturated carbocycles. The Kier molecular flexibility index (Phi) is 4.11. The third kappa shape index (κ3) is 4.20. The van der Waals surface area contributed by atoms with Gasteiger partial charge in [0.1, 0.15) is 5.60 Å². The first kappa shape index (κ1) is 14.2. The Hall–Kier alpha value is -1.85. The second kappa shape index (κ2) is 5.20. The summed E-state index contributed by atoms with van der Waals surface area (Å²) in [7, 11) is 0. The highest BCUT2D eigenvalue weighted by Crippen LogP contribution is 2.19. The smallest absolute Gasteiger partial charge is 0.376 e. The minimum absolute atomic E-state index is 0.0386. The first-order valence-electron chi connectivity index (χ1n) is 5.71. The number of nitrogens with zero attached hydrogens (tertiary/aromatic N) is 2. The van der Waals surface area contributed by atoms with Crippen molar-refractivity contribution in [1.82, 2.24) is 9.97 Å². The number of nitrogens with two attached hydrogens (primary N) is 1. The Labute approximate surface area is 107 Å². The lowest BCUT2D eigenvalue weighted by atomic mass is 10.2. The summed E-state index contributed by atoms with van der Waals surface area (Å²) in [6.45, 7) is 9.03. The molecule has 0 fully saturated rings. The van der Waals surface area contributed by atoms with E-state index >= 15 is 0 Å². The van der Waals surface area contributed by atoms with Gasteiger partial charge in [-0.1, -0.05) is 0 Å². The summed E-state index contributed by atoms with van der Waals surface area (Å²) >= 11 is 0. The highest BCUT2D eigenvalue weighted by Gasteiger charge is 2.21. The molecule has 100 valence electrons. The van der Waals surface area contributed by atoms with Crippen molar-refractivity contribution in [2.24, 2.45) is 0 Å². The Morgan fingerprint density at radius 3 is 2.44 bits per heavy atom. The van der Waals surface area contributed by atoms with Crippen molar-refractivity contribution < 1.29 is 14.3 Å². The molecule has 0 aliphatic carbocycles. The SMILES string of the molecule is CC(C)Oc1cnc(C(=O)OC(C)(C)C)nc1N. The minimum Gasteiger partial charge on any atom is -0.486 e. The van der Waals surface area contributed by atoms with E-state index in [1.165, 1.54) is 6.20 Å². The van der Waals surface area contributed by atoms with Crippen LogP contribution < -0.4 is 10.5 Å². The molecule has 0 unspecified atom stereocenters. The molecule has 1 heterocycles. The van der Waals surface area contributed by atoms with E-state index in [0.717, 1.165) is 0 Å². The van der Waals surface area contributed by atoms with Crippen LogP contribution in [0, 0.1) is 0 Å². The van der Waals surface area contributed by atoms with E-state index in [0.29, 0.717) is 5.75 Å². The summed E-state index contributed by atoms with van der Waals surface area (Å²) in [5.74, 6) is -0.194. The fraction of sp³-hybridized carbons (Fsp3) is 0.583. The third-order valence-corrected chi connectivity index (χ3v) is 1.73. The van der Waals surface area contributed by atoms with Crippen molar-refractivity contribution >= 4 is 11.8 Å². The molecular weight excluding hydrogens is 234 g/mol. The number of anilines is 1. The zero-order chi connectivity index (χ0) is 13.9. The largest absolute Gasteiger partial charge is 0.486 e. The van der Waals surface area contributed by atoms with Gasteiger partial charge in [-0.2, -0.15) is 0 Å². The maximum absolute atomic E-state index is 11.7. The quantitative estimate of drug-likeness (QED) is 0.826. The highest BCUT2D eigenvalue weighted by atomic mass is 16.6. The number of carbonyl (C=O) groups excluding carboxylic acids is 1. The predicted octanol–water partition coefficient (Wildman–Crippen LogP) is 1.80. The number of carbonyl (C=O) groups is 1. The first-order chi connectivity index (χ1) is 8.19. The molecule has 0 spiro atoms. The maximum Gasteiger partial charge on any atom is 0.376 e. The number of esters is 1. The normalized spacial score (nSPS) is 11.4. The van der Waals surface area contributed by atoms with Crippen LogP contribution in [0.4, 0.5) is 5.82 Å². The van der Waals surface area contributed by atoms with E-state index < -0.39 is 11.6 Å². The number of nitrogen functional groups attached to an aromatic ring is 1. The van der Waals surface area contributed by atoms with E-state index in [-0.39, 0.29) is 17.7 Å². The lowest BCUT2D eigenvalue weighted by Crippen LogP contribution is -2.25. The second-order valence-corrected chi connectivity index (χ2v) is 5.11. The van der Waals surface area contributed by atoms with Gasteiger partial charge in [0.05, 0.1) is 12.3 Å². The van der Waals surface area contributed by atoms with Crippen LogP contribution in [0.2, 0.25) is 0 Å². The van der Waals surface area contributed by atoms with Crippen molar-refractivity contribution in [3.05, 3.63) is 12.0 Å². The molecule has 0 bridgehead atoms.